The van der Waals surface area contributed by atoms with Gasteiger partial charge < -0.3 is 4.90 Å². The van der Waals surface area contributed by atoms with Crippen molar-refractivity contribution < 1.29 is 4.79 Å². The molecule has 1 aromatic rings. The predicted molar refractivity (Wildman–Crippen MR) is 67.2 cm³/mol. The SMILES string of the molecule is CCCC(=O)N(C)C(C#N)c1cccc(C)c1. The number of benzene rings is 1. The second-order valence-corrected chi connectivity index (χ2v) is 4.20. The topological polar surface area (TPSA) is 44.1 Å². The Balaban J connectivity index is 2.93. The largest absolute Gasteiger partial charge is 0.326 e. The summed E-state index contributed by atoms with van der Waals surface area (Å²) in [7, 11) is 1.69. The molecule has 3 nitrogen and oxygen atoms in total. The zero-order valence-corrected chi connectivity index (χ0v) is 10.6. The molecule has 0 aliphatic heterocycles. The fourth-order valence-corrected chi connectivity index (χ4v) is 1.76. The Bertz CT molecular complexity index is 434. The van der Waals surface area contributed by atoms with Gasteiger partial charge in [-0.15, -0.1) is 0 Å². The van der Waals surface area contributed by atoms with Gasteiger partial charge in [-0.05, 0) is 18.9 Å². The summed E-state index contributed by atoms with van der Waals surface area (Å²) in [6.45, 7) is 3.94. The van der Waals surface area contributed by atoms with Crippen LogP contribution in [0.1, 0.15) is 36.9 Å². The first-order chi connectivity index (χ1) is 8.10. The Kier molecular flexibility index (Phi) is 4.71. The van der Waals surface area contributed by atoms with Crippen LogP contribution in [0.4, 0.5) is 0 Å². The number of amides is 1. The van der Waals surface area contributed by atoms with Crippen molar-refractivity contribution in [3.8, 4) is 6.07 Å². The molecule has 1 atom stereocenters. The monoisotopic (exact) mass is 230 g/mol. The summed E-state index contributed by atoms with van der Waals surface area (Å²) < 4.78 is 0. The van der Waals surface area contributed by atoms with Gasteiger partial charge in [0.2, 0.25) is 5.91 Å². The fraction of sp³-hybridized carbons (Fsp3) is 0.429. The lowest BCUT2D eigenvalue weighted by atomic mass is 10.0. The van der Waals surface area contributed by atoms with Gasteiger partial charge in [0.1, 0.15) is 6.04 Å². The summed E-state index contributed by atoms with van der Waals surface area (Å²) in [5.74, 6) is 0.0144. The van der Waals surface area contributed by atoms with Crippen molar-refractivity contribution in [2.24, 2.45) is 0 Å². The van der Waals surface area contributed by atoms with E-state index in [1.165, 1.54) is 4.90 Å². The standard InChI is InChI=1S/C14H18N2O/c1-4-6-14(17)16(3)13(10-15)12-8-5-7-11(2)9-12/h5,7-9,13H,4,6H2,1-3H3. The van der Waals surface area contributed by atoms with E-state index in [-0.39, 0.29) is 5.91 Å². The second-order valence-electron chi connectivity index (χ2n) is 4.20. The maximum atomic E-state index is 11.8. The van der Waals surface area contributed by atoms with E-state index < -0.39 is 6.04 Å². The van der Waals surface area contributed by atoms with Crippen molar-refractivity contribution >= 4 is 5.91 Å². The van der Waals surface area contributed by atoms with Crippen LogP contribution in [0.15, 0.2) is 24.3 Å². The molecule has 0 aromatic heterocycles. The number of rotatable bonds is 4. The molecule has 0 fully saturated rings. The normalized spacial score (nSPS) is 11.6. The average Bonchev–Trinajstić information content (AvgIpc) is 2.30. The zero-order valence-electron chi connectivity index (χ0n) is 10.6. The van der Waals surface area contributed by atoms with Crippen molar-refractivity contribution in [1.82, 2.24) is 4.90 Å². The first-order valence-electron chi connectivity index (χ1n) is 5.82. The summed E-state index contributed by atoms with van der Waals surface area (Å²) in [4.78, 5) is 13.3. The number of hydrogen-bond donors (Lipinski definition) is 0. The minimum atomic E-state index is -0.492. The molecule has 0 radical (unpaired) electrons. The van der Waals surface area contributed by atoms with E-state index in [1.54, 1.807) is 7.05 Å². The van der Waals surface area contributed by atoms with Crippen molar-refractivity contribution in [1.29, 1.82) is 5.26 Å². The Morgan fingerprint density at radius 1 is 1.53 bits per heavy atom. The molecule has 90 valence electrons. The second kappa shape index (κ2) is 6.05. The van der Waals surface area contributed by atoms with Crippen molar-refractivity contribution in [3.05, 3.63) is 35.4 Å². The summed E-state index contributed by atoms with van der Waals surface area (Å²) in [5.41, 5.74) is 1.97. The lowest BCUT2D eigenvalue weighted by Gasteiger charge is -2.23. The molecule has 0 aliphatic rings. The molecule has 17 heavy (non-hydrogen) atoms. The molecule has 0 saturated heterocycles. The predicted octanol–water partition coefficient (Wildman–Crippen LogP) is 2.82. The highest BCUT2D eigenvalue weighted by molar-refractivity contribution is 5.76. The van der Waals surface area contributed by atoms with E-state index in [0.717, 1.165) is 17.5 Å². The molecular weight excluding hydrogens is 212 g/mol. The first-order valence-corrected chi connectivity index (χ1v) is 5.82. The van der Waals surface area contributed by atoms with Crippen molar-refractivity contribution in [2.75, 3.05) is 7.05 Å². The highest BCUT2D eigenvalue weighted by Gasteiger charge is 2.20. The number of nitriles is 1. The number of aryl methyl sites for hydroxylation is 1. The maximum absolute atomic E-state index is 11.8. The quantitative estimate of drug-likeness (QED) is 0.798. The van der Waals surface area contributed by atoms with Gasteiger partial charge in [0.25, 0.3) is 0 Å². The number of hydrogen-bond acceptors (Lipinski definition) is 2. The number of carbonyl (C=O) groups is 1. The van der Waals surface area contributed by atoms with Gasteiger partial charge in [0, 0.05) is 13.5 Å². The van der Waals surface area contributed by atoms with Crippen LogP contribution >= 0.6 is 0 Å². The molecule has 3 heteroatoms. The van der Waals surface area contributed by atoms with E-state index in [4.69, 9.17) is 0 Å². The number of nitrogens with zero attached hydrogens (tertiary/aromatic N) is 2. The van der Waals surface area contributed by atoms with Gasteiger partial charge in [0.05, 0.1) is 6.07 Å². The molecule has 0 saturated carbocycles. The Hall–Kier alpha value is -1.82. The van der Waals surface area contributed by atoms with Gasteiger partial charge in [0.15, 0.2) is 0 Å². The van der Waals surface area contributed by atoms with Gasteiger partial charge in [-0.3, -0.25) is 4.79 Å². The Morgan fingerprint density at radius 2 is 2.24 bits per heavy atom. The molecule has 0 aliphatic carbocycles. The third-order valence-corrected chi connectivity index (χ3v) is 2.72. The maximum Gasteiger partial charge on any atom is 0.223 e. The third kappa shape index (κ3) is 3.32. The van der Waals surface area contributed by atoms with E-state index in [2.05, 4.69) is 6.07 Å². The first kappa shape index (κ1) is 13.2. The summed E-state index contributed by atoms with van der Waals surface area (Å²) in [6.07, 6.45) is 1.29. The van der Waals surface area contributed by atoms with Crippen LogP contribution in [0.5, 0.6) is 0 Å². The smallest absolute Gasteiger partial charge is 0.223 e. The van der Waals surface area contributed by atoms with Gasteiger partial charge in [-0.1, -0.05) is 36.8 Å². The molecule has 0 bridgehead atoms. The van der Waals surface area contributed by atoms with Crippen LogP contribution < -0.4 is 0 Å². The molecular formula is C14H18N2O. The summed E-state index contributed by atoms with van der Waals surface area (Å²) >= 11 is 0. The van der Waals surface area contributed by atoms with E-state index in [1.807, 2.05) is 38.1 Å². The lowest BCUT2D eigenvalue weighted by Crippen LogP contribution is -2.30. The van der Waals surface area contributed by atoms with Crippen LogP contribution in [-0.2, 0) is 4.79 Å². The lowest BCUT2D eigenvalue weighted by molar-refractivity contribution is -0.131. The van der Waals surface area contributed by atoms with Gasteiger partial charge in [-0.2, -0.15) is 5.26 Å². The Labute approximate surface area is 103 Å². The molecule has 0 heterocycles. The van der Waals surface area contributed by atoms with Crippen LogP contribution in [-0.4, -0.2) is 17.9 Å². The van der Waals surface area contributed by atoms with Crippen LogP contribution in [0.25, 0.3) is 0 Å². The molecule has 1 amide bonds. The third-order valence-electron chi connectivity index (χ3n) is 2.72. The summed E-state index contributed by atoms with van der Waals surface area (Å²) in [5, 5.41) is 9.21. The molecule has 1 rings (SSSR count). The van der Waals surface area contributed by atoms with Crippen LogP contribution in [0.2, 0.25) is 0 Å². The Morgan fingerprint density at radius 3 is 2.76 bits per heavy atom. The molecule has 1 aromatic carbocycles. The van der Waals surface area contributed by atoms with E-state index in [9.17, 15) is 10.1 Å². The van der Waals surface area contributed by atoms with E-state index >= 15 is 0 Å². The fourth-order valence-electron chi connectivity index (χ4n) is 1.76. The number of carbonyl (C=O) groups excluding carboxylic acids is 1. The van der Waals surface area contributed by atoms with Crippen molar-refractivity contribution in [3.63, 3.8) is 0 Å². The molecule has 0 spiro atoms. The van der Waals surface area contributed by atoms with Crippen LogP contribution in [0, 0.1) is 18.3 Å². The van der Waals surface area contributed by atoms with Crippen LogP contribution in [0.3, 0.4) is 0 Å². The van der Waals surface area contributed by atoms with Gasteiger partial charge >= 0.3 is 0 Å². The average molecular weight is 230 g/mol. The van der Waals surface area contributed by atoms with E-state index in [0.29, 0.717) is 6.42 Å². The van der Waals surface area contributed by atoms with Crippen molar-refractivity contribution in [2.45, 2.75) is 32.7 Å². The molecule has 1 unspecified atom stereocenters. The summed E-state index contributed by atoms with van der Waals surface area (Å²) in [6, 6.07) is 9.42. The minimum absolute atomic E-state index is 0.0144. The highest BCUT2D eigenvalue weighted by Crippen LogP contribution is 2.20. The zero-order chi connectivity index (χ0) is 12.8. The highest BCUT2D eigenvalue weighted by atomic mass is 16.2. The molecule has 0 N–H and O–H groups in total. The minimum Gasteiger partial charge on any atom is -0.326 e. The van der Waals surface area contributed by atoms with Gasteiger partial charge in [-0.25, -0.2) is 0 Å².